The number of nitrogens with zero attached hydrogens (tertiary/aromatic N) is 1. The van der Waals surface area contributed by atoms with E-state index >= 15 is 0 Å². The Balaban J connectivity index is 1.54. The number of ether oxygens (including phenoxy) is 3. The number of nitrogens with one attached hydrogen (secondary N) is 2. The molecule has 1 aliphatic heterocycles. The standard InChI is InChI=1S/C34H39N3O6/c1-34(2,3)43-33(40)37-29(20-19-25-13-7-4-8-14-25)21-28(35-31(38)41-23-26-15-9-5-10-16-26)22-30(37)36-32(39)42-24-27-17-11-6-12-18-27/h4-20,28-30H,21-24H2,1-3H3,(H,35,38)(H,36,39)/b20-19+/t28-,29+,30+/m0/s1. The van der Waals surface area contributed by atoms with Gasteiger partial charge in [-0.05, 0) is 43.9 Å². The molecule has 1 aliphatic rings. The topological polar surface area (TPSA) is 106 Å². The number of hydrogen-bond acceptors (Lipinski definition) is 6. The molecule has 3 aromatic carbocycles. The van der Waals surface area contributed by atoms with Gasteiger partial charge in [-0.1, -0.05) is 103 Å². The van der Waals surface area contributed by atoms with Crippen molar-refractivity contribution in [2.45, 2.75) is 70.7 Å². The number of hydrogen-bond donors (Lipinski definition) is 2. The van der Waals surface area contributed by atoms with Crippen molar-refractivity contribution in [3.63, 3.8) is 0 Å². The second kappa shape index (κ2) is 14.9. The molecule has 0 radical (unpaired) electrons. The van der Waals surface area contributed by atoms with Crippen LogP contribution in [-0.4, -0.2) is 47.0 Å². The van der Waals surface area contributed by atoms with E-state index in [1.54, 1.807) is 20.8 Å². The highest BCUT2D eigenvalue weighted by Crippen LogP contribution is 2.27. The third-order valence-corrected chi connectivity index (χ3v) is 6.67. The van der Waals surface area contributed by atoms with Crippen LogP contribution < -0.4 is 10.6 Å². The highest BCUT2D eigenvalue weighted by atomic mass is 16.6. The third-order valence-electron chi connectivity index (χ3n) is 6.67. The Morgan fingerprint density at radius 3 is 1.81 bits per heavy atom. The maximum Gasteiger partial charge on any atom is 0.412 e. The molecule has 4 rings (SSSR count). The third kappa shape index (κ3) is 10.2. The van der Waals surface area contributed by atoms with Crippen molar-refractivity contribution in [3.8, 4) is 0 Å². The lowest BCUT2D eigenvalue weighted by molar-refractivity contribution is -0.00812. The molecule has 9 nitrogen and oxygen atoms in total. The SMILES string of the molecule is CC(C)(C)OC(=O)N1[C@H](/C=C/c2ccccc2)C[C@H](NC(=O)OCc2ccccc2)C[C@@H]1NC(=O)OCc1ccccc1. The second-order valence-corrected chi connectivity index (χ2v) is 11.3. The Bertz CT molecular complexity index is 1360. The summed E-state index contributed by atoms with van der Waals surface area (Å²) in [6.07, 6.45) is 1.67. The first kappa shape index (κ1) is 31.2. The summed E-state index contributed by atoms with van der Waals surface area (Å²) < 4.78 is 16.7. The fourth-order valence-electron chi connectivity index (χ4n) is 4.73. The van der Waals surface area contributed by atoms with Gasteiger partial charge in [0.1, 0.15) is 25.0 Å². The van der Waals surface area contributed by atoms with Crippen LogP contribution in [0.25, 0.3) is 6.08 Å². The zero-order valence-electron chi connectivity index (χ0n) is 24.8. The van der Waals surface area contributed by atoms with E-state index in [9.17, 15) is 14.4 Å². The Labute approximate surface area is 252 Å². The highest BCUT2D eigenvalue weighted by Gasteiger charge is 2.41. The summed E-state index contributed by atoms with van der Waals surface area (Å²) in [5, 5.41) is 5.75. The van der Waals surface area contributed by atoms with Gasteiger partial charge in [0.05, 0.1) is 6.04 Å². The fraction of sp³-hybridized carbons (Fsp3) is 0.324. The lowest BCUT2D eigenvalue weighted by Gasteiger charge is -2.44. The molecule has 43 heavy (non-hydrogen) atoms. The summed E-state index contributed by atoms with van der Waals surface area (Å²) in [4.78, 5) is 40.8. The quantitative estimate of drug-likeness (QED) is 0.287. The summed E-state index contributed by atoms with van der Waals surface area (Å²) in [6.45, 7) is 5.54. The molecule has 3 amide bonds. The number of rotatable bonds is 8. The first-order valence-electron chi connectivity index (χ1n) is 14.4. The van der Waals surface area contributed by atoms with E-state index in [1.165, 1.54) is 4.90 Å². The average Bonchev–Trinajstić information content (AvgIpc) is 2.98. The molecule has 0 aromatic heterocycles. The summed E-state index contributed by atoms with van der Waals surface area (Å²) >= 11 is 0. The smallest absolute Gasteiger partial charge is 0.412 e. The normalized spacial score (nSPS) is 18.5. The minimum atomic E-state index is -0.836. The molecule has 0 bridgehead atoms. The van der Waals surface area contributed by atoms with E-state index in [0.29, 0.717) is 6.42 Å². The molecule has 3 atom stereocenters. The van der Waals surface area contributed by atoms with Crippen molar-refractivity contribution in [2.75, 3.05) is 0 Å². The van der Waals surface area contributed by atoms with Gasteiger partial charge in [-0.15, -0.1) is 0 Å². The molecule has 0 unspecified atom stereocenters. The van der Waals surface area contributed by atoms with Crippen LogP contribution in [0, 0.1) is 0 Å². The van der Waals surface area contributed by atoms with E-state index < -0.39 is 42.1 Å². The number of likely N-dealkylation sites (tertiary alicyclic amines) is 1. The van der Waals surface area contributed by atoms with Gasteiger partial charge in [0.2, 0.25) is 0 Å². The van der Waals surface area contributed by atoms with Crippen molar-refractivity contribution in [1.82, 2.24) is 15.5 Å². The molecule has 0 spiro atoms. The molecule has 3 aromatic rings. The molecule has 1 saturated heterocycles. The van der Waals surface area contributed by atoms with E-state index in [2.05, 4.69) is 10.6 Å². The Kier molecular flexibility index (Phi) is 10.8. The molecule has 9 heteroatoms. The van der Waals surface area contributed by atoms with Gasteiger partial charge in [0, 0.05) is 12.5 Å². The van der Waals surface area contributed by atoms with E-state index in [4.69, 9.17) is 14.2 Å². The maximum absolute atomic E-state index is 13.6. The number of alkyl carbamates (subject to hydrolysis) is 2. The lowest BCUT2D eigenvalue weighted by atomic mass is 9.94. The highest BCUT2D eigenvalue weighted by molar-refractivity contribution is 5.73. The van der Waals surface area contributed by atoms with E-state index in [1.807, 2.05) is 103 Å². The molecule has 226 valence electrons. The molecular weight excluding hydrogens is 546 g/mol. The van der Waals surface area contributed by atoms with Gasteiger partial charge in [-0.25, -0.2) is 14.4 Å². The monoisotopic (exact) mass is 585 g/mol. The largest absolute Gasteiger partial charge is 0.445 e. The average molecular weight is 586 g/mol. The number of benzene rings is 3. The van der Waals surface area contributed by atoms with Crippen molar-refractivity contribution in [1.29, 1.82) is 0 Å². The fourth-order valence-corrected chi connectivity index (χ4v) is 4.73. The van der Waals surface area contributed by atoms with Crippen LogP contribution >= 0.6 is 0 Å². The van der Waals surface area contributed by atoms with Crippen molar-refractivity contribution >= 4 is 24.4 Å². The van der Waals surface area contributed by atoms with Crippen LogP contribution in [0.1, 0.15) is 50.3 Å². The summed E-state index contributed by atoms with van der Waals surface area (Å²) in [5.41, 5.74) is 1.87. The first-order chi connectivity index (χ1) is 20.7. The molecule has 1 fully saturated rings. The minimum absolute atomic E-state index is 0.0661. The number of amides is 3. The number of carbonyl (C=O) groups is 3. The zero-order chi connectivity index (χ0) is 30.7. The van der Waals surface area contributed by atoms with E-state index in [0.717, 1.165) is 16.7 Å². The van der Waals surface area contributed by atoms with Crippen LogP contribution in [0.5, 0.6) is 0 Å². The van der Waals surface area contributed by atoms with Gasteiger partial charge in [0.15, 0.2) is 0 Å². The maximum atomic E-state index is 13.6. The summed E-state index contributed by atoms with van der Waals surface area (Å²) in [6, 6.07) is 27.4. The molecule has 2 N–H and O–H groups in total. The minimum Gasteiger partial charge on any atom is -0.445 e. The Morgan fingerprint density at radius 2 is 1.28 bits per heavy atom. The predicted molar refractivity (Wildman–Crippen MR) is 164 cm³/mol. The molecular formula is C34H39N3O6. The summed E-state index contributed by atoms with van der Waals surface area (Å²) in [5.74, 6) is 0. The van der Waals surface area contributed by atoms with Crippen LogP contribution in [0.3, 0.4) is 0 Å². The number of carbonyl (C=O) groups excluding carboxylic acids is 3. The molecule has 0 aliphatic carbocycles. The van der Waals surface area contributed by atoms with Gasteiger partial charge < -0.3 is 24.8 Å². The lowest BCUT2D eigenvalue weighted by Crippen LogP contribution is -2.62. The second-order valence-electron chi connectivity index (χ2n) is 11.3. The summed E-state index contributed by atoms with van der Waals surface area (Å²) in [7, 11) is 0. The molecule has 1 heterocycles. The van der Waals surface area contributed by atoms with Crippen molar-refractivity contribution in [3.05, 3.63) is 114 Å². The van der Waals surface area contributed by atoms with Gasteiger partial charge in [-0.2, -0.15) is 0 Å². The predicted octanol–water partition coefficient (Wildman–Crippen LogP) is 6.65. The van der Waals surface area contributed by atoms with Gasteiger partial charge >= 0.3 is 18.3 Å². The Hall–Kier alpha value is -4.79. The van der Waals surface area contributed by atoms with Crippen LogP contribution in [0.15, 0.2) is 97.1 Å². The van der Waals surface area contributed by atoms with Crippen LogP contribution in [0.4, 0.5) is 14.4 Å². The first-order valence-corrected chi connectivity index (χ1v) is 14.4. The molecule has 0 saturated carbocycles. The Morgan fingerprint density at radius 1 is 0.767 bits per heavy atom. The van der Waals surface area contributed by atoms with Crippen molar-refractivity contribution in [2.24, 2.45) is 0 Å². The van der Waals surface area contributed by atoms with Crippen molar-refractivity contribution < 1.29 is 28.6 Å². The van der Waals surface area contributed by atoms with Crippen LogP contribution in [0.2, 0.25) is 0 Å². The van der Waals surface area contributed by atoms with Gasteiger partial charge in [0.25, 0.3) is 0 Å². The number of piperidine rings is 1. The van der Waals surface area contributed by atoms with Gasteiger partial charge in [-0.3, -0.25) is 4.90 Å². The van der Waals surface area contributed by atoms with Crippen LogP contribution in [-0.2, 0) is 27.4 Å². The zero-order valence-corrected chi connectivity index (χ0v) is 24.8. The van der Waals surface area contributed by atoms with E-state index in [-0.39, 0.29) is 19.6 Å².